The van der Waals surface area contributed by atoms with Crippen LogP contribution in [-0.4, -0.2) is 30.8 Å². The summed E-state index contributed by atoms with van der Waals surface area (Å²) in [6.07, 6.45) is 2.88. The van der Waals surface area contributed by atoms with Gasteiger partial charge in [0.05, 0.1) is 23.7 Å². The largest absolute Gasteiger partial charge is 0.505 e. The Hall–Kier alpha value is -2.90. The van der Waals surface area contributed by atoms with E-state index in [-0.39, 0.29) is 36.0 Å². The molecule has 0 fully saturated rings. The van der Waals surface area contributed by atoms with E-state index in [1.165, 1.54) is 17.1 Å². The van der Waals surface area contributed by atoms with Crippen molar-refractivity contribution >= 4 is 24.3 Å². The van der Waals surface area contributed by atoms with Crippen LogP contribution in [0.3, 0.4) is 0 Å². The van der Waals surface area contributed by atoms with Crippen molar-refractivity contribution in [1.29, 1.82) is 0 Å². The first-order valence-electron chi connectivity index (χ1n) is 8.12. The second-order valence-corrected chi connectivity index (χ2v) is 5.96. The number of aliphatic hydroxyl groups is 1. The van der Waals surface area contributed by atoms with Gasteiger partial charge < -0.3 is 10.2 Å². The SMILES string of the molecule is Cc1ncc(CO)c(C=Nc2c(C)n(C)n(-c3ccccc3)c2=O)c1O.Cl. The van der Waals surface area contributed by atoms with Crippen LogP contribution in [-0.2, 0) is 13.7 Å². The van der Waals surface area contributed by atoms with E-state index >= 15 is 0 Å². The zero-order chi connectivity index (χ0) is 18.8. The summed E-state index contributed by atoms with van der Waals surface area (Å²) in [5.74, 6) is -0.0581. The number of aliphatic imine (C=N–C) groups is 1. The van der Waals surface area contributed by atoms with Crippen molar-refractivity contribution in [1.82, 2.24) is 14.3 Å². The van der Waals surface area contributed by atoms with E-state index in [0.29, 0.717) is 22.5 Å². The van der Waals surface area contributed by atoms with Gasteiger partial charge >= 0.3 is 0 Å². The standard InChI is InChI=1S/C19H20N4O3.ClH/c1-12-18(25)16(14(11-24)9-20-12)10-21-17-13(2)22(3)23(19(17)26)15-7-5-4-6-8-15;/h4-10,24-25H,11H2,1-3H3;1H. The quantitative estimate of drug-likeness (QED) is 0.672. The van der Waals surface area contributed by atoms with Crippen LogP contribution in [0.1, 0.15) is 22.5 Å². The van der Waals surface area contributed by atoms with Crippen LogP contribution in [0.25, 0.3) is 5.69 Å². The van der Waals surface area contributed by atoms with Crippen molar-refractivity contribution in [3.63, 3.8) is 0 Å². The molecule has 0 radical (unpaired) electrons. The number of hydrogen-bond acceptors (Lipinski definition) is 5. The molecule has 0 bridgehead atoms. The molecule has 0 aliphatic heterocycles. The third-order valence-electron chi connectivity index (χ3n) is 4.37. The Kier molecular flexibility index (Phi) is 6.20. The number of aromatic nitrogens is 3. The molecule has 0 aliphatic rings. The van der Waals surface area contributed by atoms with Gasteiger partial charge in [-0.05, 0) is 26.0 Å². The zero-order valence-electron chi connectivity index (χ0n) is 15.2. The number of para-hydroxylation sites is 1. The fourth-order valence-electron chi connectivity index (χ4n) is 2.75. The normalized spacial score (nSPS) is 11.0. The van der Waals surface area contributed by atoms with Crippen molar-refractivity contribution in [3.8, 4) is 11.4 Å². The van der Waals surface area contributed by atoms with E-state index < -0.39 is 0 Å². The second kappa shape index (κ2) is 8.20. The highest BCUT2D eigenvalue weighted by molar-refractivity contribution is 5.87. The molecular formula is C19H21ClN4O3. The summed E-state index contributed by atoms with van der Waals surface area (Å²) >= 11 is 0. The predicted molar refractivity (Wildman–Crippen MR) is 107 cm³/mol. The van der Waals surface area contributed by atoms with Crippen molar-refractivity contribution in [2.24, 2.45) is 12.0 Å². The third-order valence-corrected chi connectivity index (χ3v) is 4.37. The number of nitrogens with zero attached hydrogens (tertiary/aromatic N) is 4. The lowest BCUT2D eigenvalue weighted by Crippen LogP contribution is -2.19. The van der Waals surface area contributed by atoms with Crippen LogP contribution in [0.2, 0.25) is 0 Å². The molecule has 2 N–H and O–H groups in total. The number of rotatable bonds is 4. The molecule has 8 heteroatoms. The summed E-state index contributed by atoms with van der Waals surface area (Å²) in [6, 6.07) is 9.29. The molecule has 0 aliphatic carbocycles. The molecule has 0 saturated carbocycles. The molecular weight excluding hydrogens is 368 g/mol. The average Bonchev–Trinajstić information content (AvgIpc) is 2.86. The fourth-order valence-corrected chi connectivity index (χ4v) is 2.75. The topological polar surface area (TPSA) is 92.6 Å². The van der Waals surface area contributed by atoms with Crippen molar-refractivity contribution in [2.45, 2.75) is 20.5 Å². The molecule has 0 atom stereocenters. The van der Waals surface area contributed by atoms with Crippen molar-refractivity contribution in [2.75, 3.05) is 0 Å². The number of aliphatic hydroxyl groups excluding tert-OH is 1. The number of aromatic hydroxyl groups is 1. The number of hydrogen-bond donors (Lipinski definition) is 2. The Bertz CT molecular complexity index is 1040. The smallest absolute Gasteiger partial charge is 0.297 e. The molecule has 27 heavy (non-hydrogen) atoms. The number of aryl methyl sites for hydroxylation is 1. The van der Waals surface area contributed by atoms with Gasteiger partial charge in [0, 0.05) is 30.6 Å². The minimum atomic E-state index is -0.287. The molecule has 3 aromatic rings. The molecule has 1 aromatic carbocycles. The minimum Gasteiger partial charge on any atom is -0.505 e. The molecule has 7 nitrogen and oxygen atoms in total. The van der Waals surface area contributed by atoms with Gasteiger partial charge in [-0.15, -0.1) is 12.4 Å². The monoisotopic (exact) mass is 388 g/mol. The van der Waals surface area contributed by atoms with E-state index in [2.05, 4.69) is 9.98 Å². The van der Waals surface area contributed by atoms with Gasteiger partial charge in [0.15, 0.2) is 5.69 Å². The Morgan fingerprint density at radius 3 is 2.52 bits per heavy atom. The lowest BCUT2D eigenvalue weighted by atomic mass is 10.1. The zero-order valence-corrected chi connectivity index (χ0v) is 16.1. The first kappa shape index (κ1) is 20.4. The molecule has 2 heterocycles. The Morgan fingerprint density at radius 2 is 1.89 bits per heavy atom. The van der Waals surface area contributed by atoms with E-state index in [0.717, 1.165) is 5.69 Å². The van der Waals surface area contributed by atoms with Gasteiger partial charge in [-0.3, -0.25) is 14.5 Å². The van der Waals surface area contributed by atoms with E-state index in [4.69, 9.17) is 0 Å². The van der Waals surface area contributed by atoms with Gasteiger partial charge in [0.1, 0.15) is 5.75 Å². The maximum absolute atomic E-state index is 12.8. The number of benzene rings is 1. The maximum Gasteiger partial charge on any atom is 0.297 e. The van der Waals surface area contributed by atoms with Gasteiger partial charge in [-0.25, -0.2) is 9.67 Å². The molecule has 0 spiro atoms. The van der Waals surface area contributed by atoms with E-state index in [9.17, 15) is 15.0 Å². The van der Waals surface area contributed by atoms with Crippen LogP contribution in [0.15, 0.2) is 46.3 Å². The fraction of sp³-hybridized carbons (Fsp3) is 0.211. The number of halogens is 1. The predicted octanol–water partition coefficient (Wildman–Crippen LogP) is 2.56. The summed E-state index contributed by atoms with van der Waals surface area (Å²) in [7, 11) is 1.79. The van der Waals surface area contributed by atoms with Crippen LogP contribution in [0.4, 0.5) is 5.69 Å². The molecule has 0 unspecified atom stereocenters. The first-order chi connectivity index (χ1) is 12.5. The van der Waals surface area contributed by atoms with Gasteiger partial charge in [-0.1, -0.05) is 18.2 Å². The summed E-state index contributed by atoms with van der Waals surface area (Å²) in [5, 5.41) is 19.7. The molecule has 142 valence electrons. The van der Waals surface area contributed by atoms with Gasteiger partial charge in [0.25, 0.3) is 5.56 Å². The summed E-state index contributed by atoms with van der Waals surface area (Å²) in [4.78, 5) is 21.2. The lowest BCUT2D eigenvalue weighted by molar-refractivity contribution is 0.280. The van der Waals surface area contributed by atoms with Crippen LogP contribution < -0.4 is 5.56 Å². The van der Waals surface area contributed by atoms with Crippen LogP contribution >= 0.6 is 12.4 Å². The Labute approximate surface area is 162 Å². The van der Waals surface area contributed by atoms with Crippen LogP contribution in [0, 0.1) is 13.8 Å². The summed E-state index contributed by atoms with van der Waals surface area (Å²) in [6.45, 7) is 3.17. The molecule has 0 amide bonds. The van der Waals surface area contributed by atoms with Crippen molar-refractivity contribution in [3.05, 3.63) is 69.4 Å². The first-order valence-corrected chi connectivity index (χ1v) is 8.12. The van der Waals surface area contributed by atoms with Crippen molar-refractivity contribution < 1.29 is 10.2 Å². The highest BCUT2D eigenvalue weighted by atomic mass is 35.5. The highest BCUT2D eigenvalue weighted by Crippen LogP contribution is 2.23. The number of pyridine rings is 1. The summed E-state index contributed by atoms with van der Waals surface area (Å²) < 4.78 is 3.27. The van der Waals surface area contributed by atoms with E-state index in [1.54, 1.807) is 25.6 Å². The maximum atomic E-state index is 12.8. The Balaban J connectivity index is 0.00000261. The lowest BCUT2D eigenvalue weighted by Gasteiger charge is -2.07. The van der Waals surface area contributed by atoms with Gasteiger partial charge in [0.2, 0.25) is 0 Å². The molecule has 0 saturated heterocycles. The highest BCUT2D eigenvalue weighted by Gasteiger charge is 2.16. The second-order valence-electron chi connectivity index (χ2n) is 5.96. The minimum absolute atomic E-state index is 0. The molecule has 2 aromatic heterocycles. The average molecular weight is 389 g/mol. The van der Waals surface area contributed by atoms with E-state index in [1.807, 2.05) is 30.3 Å². The Morgan fingerprint density at radius 1 is 1.22 bits per heavy atom. The summed E-state index contributed by atoms with van der Waals surface area (Å²) in [5.41, 5.74) is 2.66. The molecule has 3 rings (SSSR count). The van der Waals surface area contributed by atoms with Crippen LogP contribution in [0.5, 0.6) is 5.75 Å². The van der Waals surface area contributed by atoms with Gasteiger partial charge in [-0.2, -0.15) is 0 Å². The third kappa shape index (κ3) is 3.65.